The normalized spacial score (nSPS) is 20.4. The van der Waals surface area contributed by atoms with Crippen LogP contribution in [0.1, 0.15) is 44.1 Å². The van der Waals surface area contributed by atoms with E-state index >= 15 is 0 Å². The van der Waals surface area contributed by atoms with Gasteiger partial charge in [-0.2, -0.15) is 0 Å². The first-order valence-electron chi connectivity index (χ1n) is 6.49. The monoisotopic (exact) mass is 234 g/mol. The molecule has 2 heteroatoms. The van der Waals surface area contributed by atoms with Gasteiger partial charge in [-0.15, -0.1) is 0 Å². The van der Waals surface area contributed by atoms with Gasteiger partial charge in [0.2, 0.25) is 0 Å². The first-order chi connectivity index (χ1) is 8.19. The minimum atomic E-state index is -0.179. The summed E-state index contributed by atoms with van der Waals surface area (Å²) in [5, 5.41) is 0. The number of hydrogen-bond donors (Lipinski definition) is 0. The second-order valence-corrected chi connectivity index (χ2v) is 5.07. The summed E-state index contributed by atoms with van der Waals surface area (Å²) in [7, 11) is 0. The number of hydrogen-bond acceptors (Lipinski definition) is 2. The van der Waals surface area contributed by atoms with Crippen LogP contribution in [0, 0.1) is 12.3 Å². The summed E-state index contributed by atoms with van der Waals surface area (Å²) in [6, 6.07) is 8.38. The molecule has 0 aromatic heterocycles. The van der Waals surface area contributed by atoms with Crippen LogP contribution in [0.4, 0.5) is 0 Å². The van der Waals surface area contributed by atoms with E-state index in [1.54, 1.807) is 0 Å². The molecule has 0 saturated carbocycles. The van der Waals surface area contributed by atoms with Crippen LogP contribution in [0.5, 0.6) is 0 Å². The molecule has 1 aliphatic heterocycles. The standard InChI is InChI=1S/C15H22O2/c1-4-15(5-2)10-16-14(17-11-15)13-8-6-12(3)7-9-13/h6-9,14H,4-5,10-11H2,1-3H3. The first kappa shape index (κ1) is 12.6. The second kappa shape index (κ2) is 5.19. The summed E-state index contributed by atoms with van der Waals surface area (Å²) >= 11 is 0. The molecule has 1 aromatic carbocycles. The zero-order valence-corrected chi connectivity index (χ0v) is 11.0. The molecular weight excluding hydrogens is 212 g/mol. The topological polar surface area (TPSA) is 18.5 Å². The first-order valence-corrected chi connectivity index (χ1v) is 6.49. The molecule has 2 nitrogen and oxygen atoms in total. The highest BCUT2D eigenvalue weighted by Crippen LogP contribution is 2.36. The average Bonchev–Trinajstić information content (AvgIpc) is 2.40. The van der Waals surface area contributed by atoms with Gasteiger partial charge in [0.05, 0.1) is 13.2 Å². The van der Waals surface area contributed by atoms with Gasteiger partial charge >= 0.3 is 0 Å². The van der Waals surface area contributed by atoms with Gasteiger partial charge < -0.3 is 9.47 Å². The van der Waals surface area contributed by atoms with Crippen molar-refractivity contribution in [3.8, 4) is 0 Å². The number of benzene rings is 1. The lowest BCUT2D eigenvalue weighted by Crippen LogP contribution is -2.37. The van der Waals surface area contributed by atoms with Gasteiger partial charge in [0, 0.05) is 11.0 Å². The molecule has 0 spiro atoms. The third-order valence-corrected chi connectivity index (χ3v) is 3.93. The Kier molecular flexibility index (Phi) is 3.85. The van der Waals surface area contributed by atoms with Crippen LogP contribution in [0.15, 0.2) is 24.3 Å². The van der Waals surface area contributed by atoms with E-state index in [4.69, 9.17) is 9.47 Å². The molecule has 1 aliphatic rings. The number of ether oxygens (including phenoxy) is 2. The zero-order chi connectivity index (χ0) is 12.3. The van der Waals surface area contributed by atoms with E-state index in [1.807, 2.05) is 0 Å². The minimum Gasteiger partial charge on any atom is -0.348 e. The Balaban J connectivity index is 2.01. The van der Waals surface area contributed by atoms with Crippen LogP contribution in [0.25, 0.3) is 0 Å². The fraction of sp³-hybridized carbons (Fsp3) is 0.600. The Morgan fingerprint density at radius 3 is 2.06 bits per heavy atom. The number of aryl methyl sites for hydroxylation is 1. The Morgan fingerprint density at radius 2 is 1.59 bits per heavy atom. The minimum absolute atomic E-state index is 0.179. The lowest BCUT2D eigenvalue weighted by atomic mass is 9.83. The fourth-order valence-corrected chi connectivity index (χ4v) is 2.17. The van der Waals surface area contributed by atoms with Crippen molar-refractivity contribution >= 4 is 0 Å². The van der Waals surface area contributed by atoms with Gasteiger partial charge in [0.1, 0.15) is 0 Å². The molecule has 1 heterocycles. The predicted molar refractivity (Wildman–Crippen MR) is 68.8 cm³/mol. The molecule has 2 rings (SSSR count). The summed E-state index contributed by atoms with van der Waals surface area (Å²) in [4.78, 5) is 0. The van der Waals surface area contributed by atoms with E-state index < -0.39 is 0 Å². The molecule has 1 fully saturated rings. The third-order valence-electron chi connectivity index (χ3n) is 3.93. The highest BCUT2D eigenvalue weighted by molar-refractivity contribution is 5.22. The van der Waals surface area contributed by atoms with Gasteiger partial charge in [-0.1, -0.05) is 43.7 Å². The summed E-state index contributed by atoms with van der Waals surface area (Å²) in [5.41, 5.74) is 2.61. The van der Waals surface area contributed by atoms with Crippen molar-refractivity contribution in [1.82, 2.24) is 0 Å². The molecule has 0 amide bonds. The summed E-state index contributed by atoms with van der Waals surface area (Å²) < 4.78 is 11.8. The molecule has 1 saturated heterocycles. The van der Waals surface area contributed by atoms with E-state index in [9.17, 15) is 0 Å². The van der Waals surface area contributed by atoms with Crippen molar-refractivity contribution in [1.29, 1.82) is 0 Å². The van der Waals surface area contributed by atoms with Crippen LogP contribution in [0.2, 0.25) is 0 Å². The lowest BCUT2D eigenvalue weighted by Gasteiger charge is -2.39. The van der Waals surface area contributed by atoms with Crippen LogP contribution in [-0.2, 0) is 9.47 Å². The molecule has 17 heavy (non-hydrogen) atoms. The maximum Gasteiger partial charge on any atom is 0.183 e. The molecule has 0 aliphatic carbocycles. The Morgan fingerprint density at radius 1 is 1.06 bits per heavy atom. The predicted octanol–water partition coefficient (Wildman–Crippen LogP) is 3.85. The van der Waals surface area contributed by atoms with Crippen molar-refractivity contribution in [3.63, 3.8) is 0 Å². The van der Waals surface area contributed by atoms with Gasteiger partial charge in [0.15, 0.2) is 6.29 Å². The van der Waals surface area contributed by atoms with Crippen LogP contribution in [-0.4, -0.2) is 13.2 Å². The maximum absolute atomic E-state index is 5.88. The maximum atomic E-state index is 5.88. The summed E-state index contributed by atoms with van der Waals surface area (Å²) in [5.74, 6) is 0. The van der Waals surface area contributed by atoms with Gasteiger partial charge in [-0.3, -0.25) is 0 Å². The smallest absolute Gasteiger partial charge is 0.183 e. The summed E-state index contributed by atoms with van der Waals surface area (Å²) in [6.07, 6.45) is 2.05. The molecule has 0 unspecified atom stereocenters. The highest BCUT2D eigenvalue weighted by Gasteiger charge is 2.34. The van der Waals surface area contributed by atoms with Gasteiger partial charge in [-0.05, 0) is 19.8 Å². The third kappa shape index (κ3) is 2.70. The molecule has 94 valence electrons. The van der Waals surface area contributed by atoms with Crippen molar-refractivity contribution in [2.75, 3.05) is 13.2 Å². The Bertz CT molecular complexity index is 342. The number of rotatable bonds is 3. The summed E-state index contributed by atoms with van der Waals surface area (Å²) in [6.45, 7) is 8.12. The Hall–Kier alpha value is -0.860. The molecular formula is C15H22O2. The molecule has 0 radical (unpaired) electrons. The Labute approximate surface area is 104 Å². The zero-order valence-electron chi connectivity index (χ0n) is 11.0. The van der Waals surface area contributed by atoms with Crippen molar-refractivity contribution in [3.05, 3.63) is 35.4 Å². The van der Waals surface area contributed by atoms with E-state index in [0.29, 0.717) is 0 Å². The molecule has 0 N–H and O–H groups in total. The quantitative estimate of drug-likeness (QED) is 0.791. The molecule has 0 atom stereocenters. The van der Waals surface area contributed by atoms with Gasteiger partial charge in [0.25, 0.3) is 0 Å². The lowest BCUT2D eigenvalue weighted by molar-refractivity contribution is -0.235. The highest BCUT2D eigenvalue weighted by atomic mass is 16.7. The van der Waals surface area contributed by atoms with Crippen LogP contribution >= 0.6 is 0 Å². The largest absolute Gasteiger partial charge is 0.348 e. The molecule has 1 aromatic rings. The van der Waals surface area contributed by atoms with Crippen molar-refractivity contribution < 1.29 is 9.47 Å². The van der Waals surface area contributed by atoms with E-state index in [1.165, 1.54) is 5.56 Å². The van der Waals surface area contributed by atoms with Crippen molar-refractivity contribution in [2.24, 2.45) is 5.41 Å². The SMILES string of the molecule is CCC1(CC)COC(c2ccc(C)cc2)OC1. The average molecular weight is 234 g/mol. The fourth-order valence-electron chi connectivity index (χ4n) is 2.17. The van der Waals surface area contributed by atoms with Crippen LogP contribution < -0.4 is 0 Å². The molecule has 0 bridgehead atoms. The van der Waals surface area contributed by atoms with Crippen molar-refractivity contribution in [2.45, 2.75) is 39.9 Å². The van der Waals surface area contributed by atoms with Crippen LogP contribution in [0.3, 0.4) is 0 Å². The second-order valence-electron chi connectivity index (χ2n) is 5.07. The van der Waals surface area contributed by atoms with Gasteiger partial charge in [-0.25, -0.2) is 0 Å². The van der Waals surface area contributed by atoms with E-state index in [-0.39, 0.29) is 11.7 Å². The van der Waals surface area contributed by atoms with E-state index in [2.05, 4.69) is 45.0 Å². The van der Waals surface area contributed by atoms with E-state index in [0.717, 1.165) is 31.6 Å².